The Hall–Kier alpha value is -1.16. The maximum Gasteiger partial charge on any atom is 0.197 e. The second-order valence-electron chi connectivity index (χ2n) is 2.03. The lowest BCUT2D eigenvalue weighted by Gasteiger charge is -1.94. The van der Waals surface area contributed by atoms with Crippen molar-refractivity contribution in [3.05, 3.63) is 29.4 Å². The van der Waals surface area contributed by atoms with Crippen LogP contribution in [0.5, 0.6) is 0 Å². The van der Waals surface area contributed by atoms with Crippen molar-refractivity contribution in [3.63, 3.8) is 0 Å². The molecular formula is C6H3ClFN3. The summed E-state index contributed by atoms with van der Waals surface area (Å²) in [4.78, 5) is 0. The first kappa shape index (κ1) is 6.54. The van der Waals surface area contributed by atoms with Crippen LogP contribution in [0.3, 0.4) is 0 Å². The lowest BCUT2D eigenvalue weighted by Crippen LogP contribution is -1.88. The number of rotatable bonds is 0. The molecule has 0 aliphatic heterocycles. The zero-order valence-electron chi connectivity index (χ0n) is 5.33. The zero-order valence-corrected chi connectivity index (χ0v) is 6.09. The Balaban J connectivity index is 2.96. The molecule has 0 unspecified atom stereocenters. The summed E-state index contributed by atoms with van der Waals surface area (Å²) in [6.45, 7) is 0. The molecular weight excluding hydrogens is 169 g/mol. The molecule has 2 rings (SSSR count). The molecule has 0 aliphatic rings. The van der Waals surface area contributed by atoms with Crippen LogP contribution in [0.15, 0.2) is 18.5 Å². The average molecular weight is 172 g/mol. The first-order valence-corrected chi connectivity index (χ1v) is 3.30. The average Bonchev–Trinajstić information content (AvgIpc) is 2.45. The van der Waals surface area contributed by atoms with Gasteiger partial charge in [0, 0.05) is 0 Å². The SMILES string of the molecule is Fc1ccc(Cl)n2cnnc12. The van der Waals surface area contributed by atoms with E-state index >= 15 is 0 Å². The lowest BCUT2D eigenvalue weighted by molar-refractivity contribution is 0.629. The van der Waals surface area contributed by atoms with Crippen molar-refractivity contribution in [1.82, 2.24) is 14.6 Å². The largest absolute Gasteiger partial charge is 0.269 e. The van der Waals surface area contributed by atoms with Gasteiger partial charge < -0.3 is 0 Å². The van der Waals surface area contributed by atoms with Crippen molar-refractivity contribution < 1.29 is 4.39 Å². The second-order valence-corrected chi connectivity index (χ2v) is 2.42. The topological polar surface area (TPSA) is 30.2 Å². The van der Waals surface area contributed by atoms with Gasteiger partial charge in [0.1, 0.15) is 11.5 Å². The van der Waals surface area contributed by atoms with Crippen LogP contribution in [0.2, 0.25) is 5.15 Å². The highest BCUT2D eigenvalue weighted by molar-refractivity contribution is 6.29. The van der Waals surface area contributed by atoms with Crippen molar-refractivity contribution in [3.8, 4) is 0 Å². The summed E-state index contributed by atoms with van der Waals surface area (Å²) in [6.07, 6.45) is 1.36. The van der Waals surface area contributed by atoms with E-state index in [0.717, 1.165) is 0 Å². The Morgan fingerprint density at radius 2 is 2.27 bits per heavy atom. The molecule has 0 aliphatic carbocycles. The summed E-state index contributed by atoms with van der Waals surface area (Å²) < 4.78 is 14.2. The standard InChI is InChI=1S/C6H3ClFN3/c7-5-2-1-4(8)6-10-9-3-11(5)6/h1-3H. The van der Waals surface area contributed by atoms with Crippen molar-refractivity contribution in [2.24, 2.45) is 0 Å². The van der Waals surface area contributed by atoms with Crippen LogP contribution < -0.4 is 0 Å². The molecule has 56 valence electrons. The zero-order chi connectivity index (χ0) is 7.84. The highest BCUT2D eigenvalue weighted by atomic mass is 35.5. The molecule has 0 N–H and O–H groups in total. The predicted octanol–water partition coefficient (Wildman–Crippen LogP) is 1.52. The van der Waals surface area contributed by atoms with Crippen LogP contribution >= 0.6 is 11.6 Å². The minimum Gasteiger partial charge on any atom is -0.269 e. The smallest absolute Gasteiger partial charge is 0.197 e. The normalized spacial score (nSPS) is 10.7. The second kappa shape index (κ2) is 2.17. The van der Waals surface area contributed by atoms with Gasteiger partial charge in [-0.2, -0.15) is 0 Å². The van der Waals surface area contributed by atoms with Crippen LogP contribution in [-0.4, -0.2) is 14.6 Å². The van der Waals surface area contributed by atoms with Gasteiger partial charge in [0.25, 0.3) is 0 Å². The first-order valence-electron chi connectivity index (χ1n) is 2.93. The summed E-state index contributed by atoms with van der Waals surface area (Å²) in [5.74, 6) is -0.424. The molecule has 0 amide bonds. The number of aromatic nitrogens is 3. The molecule has 2 heterocycles. The highest BCUT2D eigenvalue weighted by Crippen LogP contribution is 2.13. The Morgan fingerprint density at radius 3 is 3.00 bits per heavy atom. The van der Waals surface area contributed by atoms with E-state index in [1.165, 1.54) is 22.9 Å². The van der Waals surface area contributed by atoms with Gasteiger partial charge in [-0.3, -0.25) is 4.40 Å². The van der Waals surface area contributed by atoms with E-state index < -0.39 is 5.82 Å². The number of halogens is 2. The van der Waals surface area contributed by atoms with Crippen LogP contribution in [0.25, 0.3) is 5.65 Å². The Morgan fingerprint density at radius 1 is 1.45 bits per heavy atom. The van der Waals surface area contributed by atoms with E-state index in [4.69, 9.17) is 11.6 Å². The Bertz CT molecular complexity index is 362. The van der Waals surface area contributed by atoms with Crippen molar-refractivity contribution in [2.75, 3.05) is 0 Å². The molecule has 3 nitrogen and oxygen atoms in total. The Labute approximate surface area is 66.4 Å². The number of hydrogen-bond acceptors (Lipinski definition) is 2. The van der Waals surface area contributed by atoms with E-state index in [9.17, 15) is 4.39 Å². The molecule has 0 fully saturated rings. The van der Waals surface area contributed by atoms with E-state index in [1.54, 1.807) is 0 Å². The molecule has 0 bridgehead atoms. The molecule has 11 heavy (non-hydrogen) atoms. The fraction of sp³-hybridized carbons (Fsp3) is 0. The number of hydrogen-bond donors (Lipinski definition) is 0. The third-order valence-corrected chi connectivity index (χ3v) is 1.67. The Kier molecular flexibility index (Phi) is 1.29. The van der Waals surface area contributed by atoms with E-state index in [-0.39, 0.29) is 5.65 Å². The van der Waals surface area contributed by atoms with Gasteiger partial charge >= 0.3 is 0 Å². The van der Waals surface area contributed by atoms with Crippen molar-refractivity contribution >= 4 is 17.2 Å². The van der Waals surface area contributed by atoms with Crippen LogP contribution in [-0.2, 0) is 0 Å². The molecule has 2 aromatic heterocycles. The summed E-state index contributed by atoms with van der Waals surface area (Å²) >= 11 is 5.69. The van der Waals surface area contributed by atoms with Crippen molar-refractivity contribution in [2.45, 2.75) is 0 Å². The van der Waals surface area contributed by atoms with Gasteiger partial charge in [0.05, 0.1) is 0 Å². The molecule has 2 aromatic rings. The highest BCUT2D eigenvalue weighted by Gasteiger charge is 2.04. The maximum absolute atomic E-state index is 12.8. The van der Waals surface area contributed by atoms with Crippen LogP contribution in [0.4, 0.5) is 4.39 Å². The third kappa shape index (κ3) is 0.867. The molecule has 0 aromatic carbocycles. The summed E-state index contributed by atoms with van der Waals surface area (Å²) in [5, 5.41) is 7.44. The minimum absolute atomic E-state index is 0.150. The maximum atomic E-state index is 12.8. The van der Waals surface area contributed by atoms with Gasteiger partial charge in [-0.25, -0.2) is 4.39 Å². The van der Waals surface area contributed by atoms with Crippen LogP contribution in [0.1, 0.15) is 0 Å². The molecule has 0 spiro atoms. The van der Waals surface area contributed by atoms with Gasteiger partial charge in [0.2, 0.25) is 0 Å². The lowest BCUT2D eigenvalue weighted by atomic mass is 10.4. The molecule has 0 saturated carbocycles. The fourth-order valence-electron chi connectivity index (χ4n) is 0.851. The van der Waals surface area contributed by atoms with Gasteiger partial charge in [-0.15, -0.1) is 10.2 Å². The van der Waals surface area contributed by atoms with Crippen molar-refractivity contribution in [1.29, 1.82) is 0 Å². The van der Waals surface area contributed by atoms with Gasteiger partial charge in [-0.05, 0) is 12.1 Å². The fourth-order valence-corrected chi connectivity index (χ4v) is 1.04. The molecule has 0 radical (unpaired) electrons. The summed E-state index contributed by atoms with van der Waals surface area (Å²) in [7, 11) is 0. The molecule has 0 atom stereocenters. The van der Waals surface area contributed by atoms with Crippen LogP contribution in [0, 0.1) is 5.82 Å². The monoisotopic (exact) mass is 171 g/mol. The van der Waals surface area contributed by atoms with E-state index in [0.29, 0.717) is 5.15 Å². The van der Waals surface area contributed by atoms with E-state index in [2.05, 4.69) is 10.2 Å². The molecule has 5 heteroatoms. The number of nitrogens with zero attached hydrogens (tertiary/aromatic N) is 3. The third-order valence-electron chi connectivity index (χ3n) is 1.36. The summed E-state index contributed by atoms with van der Waals surface area (Å²) in [5.41, 5.74) is 0.150. The first-order chi connectivity index (χ1) is 5.29. The predicted molar refractivity (Wildman–Crippen MR) is 38.0 cm³/mol. The number of fused-ring (bicyclic) bond motifs is 1. The summed E-state index contributed by atoms with van der Waals surface area (Å²) in [6, 6.07) is 2.71. The van der Waals surface area contributed by atoms with Gasteiger partial charge in [-0.1, -0.05) is 11.6 Å². The molecule has 0 saturated heterocycles. The van der Waals surface area contributed by atoms with E-state index in [1.807, 2.05) is 0 Å². The minimum atomic E-state index is -0.424. The number of pyridine rings is 1. The van der Waals surface area contributed by atoms with Gasteiger partial charge in [0.15, 0.2) is 11.5 Å². The quantitative estimate of drug-likeness (QED) is 0.563.